The molecule has 0 fully saturated rings. The molecular weight excluding hydrogens is 256 g/mol. The van der Waals surface area contributed by atoms with E-state index in [1.54, 1.807) is 11.0 Å². The van der Waals surface area contributed by atoms with Crippen LogP contribution < -0.4 is 0 Å². The zero-order valence-corrected chi connectivity index (χ0v) is 12.0. The molecule has 1 atom stereocenters. The monoisotopic (exact) mass is 276 g/mol. The zero-order chi connectivity index (χ0) is 15.1. The van der Waals surface area contributed by atoms with Crippen molar-refractivity contribution in [3.05, 3.63) is 35.7 Å². The van der Waals surface area contributed by atoms with E-state index in [0.29, 0.717) is 17.7 Å². The highest BCUT2D eigenvalue weighted by Gasteiger charge is 2.18. The molecule has 5 heteroatoms. The lowest BCUT2D eigenvalue weighted by Crippen LogP contribution is -2.38. The quantitative estimate of drug-likeness (QED) is 0.810. The number of carboxylic acid groups (broad SMARTS) is 1. The van der Waals surface area contributed by atoms with Crippen LogP contribution in [0.1, 0.15) is 43.1 Å². The predicted molar refractivity (Wildman–Crippen MR) is 77.4 cm³/mol. The first-order valence-corrected chi connectivity index (χ1v) is 6.66. The Hall–Kier alpha value is -2.17. The molecule has 0 saturated heterocycles. The van der Waals surface area contributed by atoms with Crippen LogP contribution in [-0.2, 0) is 4.79 Å². The number of carbonyl (C=O) groups excluding carboxylic acids is 1. The molecule has 20 heavy (non-hydrogen) atoms. The molecule has 1 aromatic heterocycles. The van der Waals surface area contributed by atoms with Crippen LogP contribution in [0.4, 0.5) is 0 Å². The lowest BCUT2D eigenvalue weighted by atomic mass is 10.1. The Balaban J connectivity index is 2.98. The average Bonchev–Trinajstić information content (AvgIpc) is 2.45. The van der Waals surface area contributed by atoms with Gasteiger partial charge in [0, 0.05) is 31.1 Å². The van der Waals surface area contributed by atoms with E-state index >= 15 is 0 Å². The lowest BCUT2D eigenvalue weighted by Gasteiger charge is -2.27. The minimum atomic E-state index is -1.03. The molecule has 1 N–H and O–H groups in total. The van der Waals surface area contributed by atoms with Crippen molar-refractivity contribution in [2.24, 2.45) is 0 Å². The highest BCUT2D eigenvalue weighted by Crippen LogP contribution is 2.12. The molecule has 1 amide bonds. The summed E-state index contributed by atoms with van der Waals surface area (Å²) in [5.74, 6) is -1.11. The first kappa shape index (κ1) is 15.9. The van der Waals surface area contributed by atoms with Crippen LogP contribution in [0, 0.1) is 0 Å². The number of carbonyl (C=O) groups is 2. The molecule has 0 radical (unpaired) electrons. The molecule has 0 bridgehead atoms. The molecule has 0 aromatic carbocycles. The number of pyridine rings is 1. The van der Waals surface area contributed by atoms with E-state index in [1.807, 2.05) is 20.8 Å². The maximum absolute atomic E-state index is 12.4. The number of nitrogens with zero attached hydrogens (tertiary/aromatic N) is 2. The van der Waals surface area contributed by atoms with E-state index < -0.39 is 5.97 Å². The van der Waals surface area contributed by atoms with Crippen LogP contribution in [0.15, 0.2) is 24.5 Å². The Bertz CT molecular complexity index is 512. The summed E-state index contributed by atoms with van der Waals surface area (Å²) in [6.07, 6.45) is 6.36. The minimum absolute atomic E-state index is 0.0834. The van der Waals surface area contributed by atoms with Gasteiger partial charge in [-0.2, -0.15) is 0 Å². The fourth-order valence-corrected chi connectivity index (χ4v) is 1.88. The third kappa shape index (κ3) is 4.19. The second-order valence-corrected chi connectivity index (χ2v) is 4.53. The minimum Gasteiger partial charge on any atom is -0.478 e. The van der Waals surface area contributed by atoms with Crippen molar-refractivity contribution in [2.75, 3.05) is 6.54 Å². The molecule has 0 aliphatic carbocycles. The summed E-state index contributed by atoms with van der Waals surface area (Å²) >= 11 is 0. The second-order valence-electron chi connectivity index (χ2n) is 4.53. The second kappa shape index (κ2) is 7.43. The van der Waals surface area contributed by atoms with Gasteiger partial charge >= 0.3 is 5.97 Å². The Kier molecular flexibility index (Phi) is 5.90. The van der Waals surface area contributed by atoms with Crippen molar-refractivity contribution in [1.29, 1.82) is 0 Å². The molecule has 5 nitrogen and oxygen atoms in total. The third-order valence-corrected chi connectivity index (χ3v) is 3.15. The van der Waals surface area contributed by atoms with Gasteiger partial charge in [-0.15, -0.1) is 0 Å². The van der Waals surface area contributed by atoms with Crippen molar-refractivity contribution in [1.82, 2.24) is 9.88 Å². The van der Waals surface area contributed by atoms with Crippen LogP contribution in [0.3, 0.4) is 0 Å². The summed E-state index contributed by atoms with van der Waals surface area (Å²) in [4.78, 5) is 28.7. The number of aromatic nitrogens is 1. The fourth-order valence-electron chi connectivity index (χ4n) is 1.88. The normalized spacial score (nSPS) is 12.3. The van der Waals surface area contributed by atoms with Gasteiger partial charge in [0.1, 0.15) is 0 Å². The Morgan fingerprint density at radius 2 is 2.10 bits per heavy atom. The van der Waals surface area contributed by atoms with Crippen molar-refractivity contribution in [2.45, 2.75) is 33.2 Å². The molecule has 1 heterocycles. The SMILES string of the molecule is CCC(C)N(CC)C(=O)c1cncc(C=CC(=O)O)c1. The van der Waals surface area contributed by atoms with E-state index in [9.17, 15) is 9.59 Å². The summed E-state index contributed by atoms with van der Waals surface area (Å²) < 4.78 is 0. The van der Waals surface area contributed by atoms with E-state index in [0.717, 1.165) is 12.5 Å². The largest absolute Gasteiger partial charge is 0.478 e. The van der Waals surface area contributed by atoms with Crippen molar-refractivity contribution in [3.63, 3.8) is 0 Å². The maximum atomic E-state index is 12.4. The van der Waals surface area contributed by atoms with E-state index in [1.165, 1.54) is 18.5 Å². The molecule has 1 aromatic rings. The van der Waals surface area contributed by atoms with Gasteiger partial charge in [-0.3, -0.25) is 9.78 Å². The fraction of sp³-hybridized carbons (Fsp3) is 0.400. The smallest absolute Gasteiger partial charge is 0.328 e. The highest BCUT2D eigenvalue weighted by molar-refractivity contribution is 5.95. The molecule has 108 valence electrons. The number of hydrogen-bond acceptors (Lipinski definition) is 3. The zero-order valence-electron chi connectivity index (χ0n) is 12.0. The average molecular weight is 276 g/mol. The van der Waals surface area contributed by atoms with Gasteiger partial charge < -0.3 is 10.0 Å². The topological polar surface area (TPSA) is 70.5 Å². The summed E-state index contributed by atoms with van der Waals surface area (Å²) in [5, 5.41) is 8.60. The van der Waals surface area contributed by atoms with Gasteiger partial charge in [0.2, 0.25) is 0 Å². The van der Waals surface area contributed by atoms with Gasteiger partial charge in [0.25, 0.3) is 5.91 Å². The van der Waals surface area contributed by atoms with Crippen LogP contribution in [0.2, 0.25) is 0 Å². The molecule has 0 aliphatic heterocycles. The van der Waals surface area contributed by atoms with Crippen LogP contribution in [0.25, 0.3) is 6.08 Å². The Labute approximate surface area is 118 Å². The summed E-state index contributed by atoms with van der Waals surface area (Å²) in [5.41, 5.74) is 1.07. The van der Waals surface area contributed by atoms with Crippen LogP contribution in [0.5, 0.6) is 0 Å². The number of amides is 1. The van der Waals surface area contributed by atoms with Crippen molar-refractivity contribution in [3.8, 4) is 0 Å². The molecule has 0 saturated carbocycles. The summed E-state index contributed by atoms with van der Waals surface area (Å²) in [6.45, 7) is 6.60. The number of rotatable bonds is 6. The first-order chi connectivity index (χ1) is 9.49. The van der Waals surface area contributed by atoms with Gasteiger partial charge in [-0.05, 0) is 38.0 Å². The summed E-state index contributed by atoms with van der Waals surface area (Å²) in [6, 6.07) is 1.81. The molecule has 1 unspecified atom stereocenters. The molecule has 1 rings (SSSR count). The third-order valence-electron chi connectivity index (χ3n) is 3.15. The van der Waals surface area contributed by atoms with E-state index in [-0.39, 0.29) is 11.9 Å². The van der Waals surface area contributed by atoms with Crippen LogP contribution >= 0.6 is 0 Å². The van der Waals surface area contributed by atoms with E-state index in [4.69, 9.17) is 5.11 Å². The number of aliphatic carboxylic acids is 1. The number of carboxylic acids is 1. The standard InChI is InChI=1S/C15H20N2O3/c1-4-11(3)17(5-2)15(20)13-8-12(9-16-10-13)6-7-14(18)19/h6-11H,4-5H2,1-3H3,(H,18,19). The van der Waals surface area contributed by atoms with Gasteiger partial charge in [0.05, 0.1) is 5.56 Å². The highest BCUT2D eigenvalue weighted by atomic mass is 16.4. The molecular formula is C15H20N2O3. The van der Waals surface area contributed by atoms with E-state index in [2.05, 4.69) is 4.98 Å². The van der Waals surface area contributed by atoms with Crippen molar-refractivity contribution < 1.29 is 14.7 Å². The predicted octanol–water partition coefficient (Wildman–Crippen LogP) is 2.44. The van der Waals surface area contributed by atoms with Gasteiger partial charge in [-0.25, -0.2) is 4.79 Å². The first-order valence-electron chi connectivity index (χ1n) is 6.66. The Morgan fingerprint density at radius 3 is 2.65 bits per heavy atom. The van der Waals surface area contributed by atoms with Crippen LogP contribution in [-0.4, -0.2) is 39.5 Å². The number of hydrogen-bond donors (Lipinski definition) is 1. The van der Waals surface area contributed by atoms with Gasteiger partial charge in [0.15, 0.2) is 0 Å². The molecule has 0 aliphatic rings. The Morgan fingerprint density at radius 1 is 1.40 bits per heavy atom. The maximum Gasteiger partial charge on any atom is 0.328 e. The van der Waals surface area contributed by atoms with Gasteiger partial charge in [-0.1, -0.05) is 6.92 Å². The van der Waals surface area contributed by atoms with Crippen molar-refractivity contribution >= 4 is 18.0 Å². The lowest BCUT2D eigenvalue weighted by molar-refractivity contribution is -0.131. The summed E-state index contributed by atoms with van der Waals surface area (Å²) in [7, 11) is 0. The molecule has 0 spiro atoms.